The van der Waals surface area contributed by atoms with Crippen molar-refractivity contribution < 1.29 is 14.3 Å². The molecular formula is C24H42N4O3S. The van der Waals surface area contributed by atoms with Gasteiger partial charge in [0.05, 0.1) is 17.6 Å². The van der Waals surface area contributed by atoms with E-state index in [0.29, 0.717) is 41.5 Å². The number of ether oxygens (including phenoxy) is 2. The van der Waals surface area contributed by atoms with Gasteiger partial charge in [-0.3, -0.25) is 9.69 Å². The van der Waals surface area contributed by atoms with E-state index in [-0.39, 0.29) is 17.2 Å². The van der Waals surface area contributed by atoms with E-state index in [9.17, 15) is 4.79 Å². The Labute approximate surface area is 197 Å². The molecule has 5 fully saturated rings. The average Bonchev–Trinajstić information content (AvgIpc) is 3.17. The highest BCUT2D eigenvalue weighted by Gasteiger charge is 2.52. The number of thioether (sulfide) groups is 1. The topological polar surface area (TPSA) is 80.1 Å². The van der Waals surface area contributed by atoms with Crippen molar-refractivity contribution in [2.45, 2.75) is 92.3 Å². The fraction of sp³-hybridized carbons (Fsp3) is 0.958. The third-order valence-electron chi connectivity index (χ3n) is 9.11. The fourth-order valence-corrected chi connectivity index (χ4v) is 8.76. The van der Waals surface area contributed by atoms with Crippen molar-refractivity contribution in [3.05, 3.63) is 0 Å². The number of piperazine rings is 1. The van der Waals surface area contributed by atoms with E-state index < -0.39 is 0 Å². The van der Waals surface area contributed by atoms with Gasteiger partial charge >= 0.3 is 0 Å². The number of nitrogens with two attached hydrogens (primary N) is 1. The summed E-state index contributed by atoms with van der Waals surface area (Å²) in [7, 11) is 3.66. The number of nitrogens with zero attached hydrogens (tertiary/aromatic N) is 2. The second kappa shape index (κ2) is 10.1. The number of methoxy groups -OCH3 is 2. The van der Waals surface area contributed by atoms with Crippen molar-refractivity contribution in [3.63, 3.8) is 0 Å². The quantitative estimate of drug-likeness (QED) is 0.652. The number of nitrogens with one attached hydrogen (secondary N) is 1. The van der Waals surface area contributed by atoms with Crippen LogP contribution in [0.4, 0.5) is 0 Å². The van der Waals surface area contributed by atoms with Crippen LogP contribution < -0.4 is 11.1 Å². The molecule has 182 valence electrons. The van der Waals surface area contributed by atoms with Crippen LogP contribution in [0, 0.1) is 11.8 Å². The zero-order chi connectivity index (χ0) is 22.2. The molecule has 0 spiro atoms. The summed E-state index contributed by atoms with van der Waals surface area (Å²) < 4.78 is 11.2. The van der Waals surface area contributed by atoms with E-state index in [2.05, 4.69) is 15.1 Å². The zero-order valence-corrected chi connectivity index (χ0v) is 20.6. The monoisotopic (exact) mass is 466 g/mol. The predicted molar refractivity (Wildman–Crippen MR) is 128 cm³/mol. The maximum absolute atomic E-state index is 13.5. The van der Waals surface area contributed by atoms with Gasteiger partial charge in [-0.1, -0.05) is 0 Å². The maximum Gasteiger partial charge on any atom is 0.237 e. The van der Waals surface area contributed by atoms with Crippen molar-refractivity contribution >= 4 is 17.7 Å². The summed E-state index contributed by atoms with van der Waals surface area (Å²) in [5, 5.41) is 4.11. The van der Waals surface area contributed by atoms with Gasteiger partial charge in [-0.2, -0.15) is 0 Å². The summed E-state index contributed by atoms with van der Waals surface area (Å²) in [6, 6.07) is 1.18. The lowest BCUT2D eigenvalue weighted by atomic mass is 9.73. The van der Waals surface area contributed by atoms with Crippen LogP contribution >= 0.6 is 11.8 Å². The summed E-state index contributed by atoms with van der Waals surface area (Å²) >= 11 is 1.81. The van der Waals surface area contributed by atoms with Crippen LogP contribution in [0.15, 0.2) is 0 Å². The van der Waals surface area contributed by atoms with Crippen LogP contribution in [0.25, 0.3) is 0 Å². The Morgan fingerprint density at radius 3 is 2.31 bits per heavy atom. The Hall–Kier alpha value is -0.380. The molecule has 0 aromatic heterocycles. The summed E-state index contributed by atoms with van der Waals surface area (Å²) in [4.78, 5) is 18.2. The summed E-state index contributed by atoms with van der Waals surface area (Å²) in [5.41, 5.74) is 6.74. The highest BCUT2D eigenvalue weighted by atomic mass is 32.2. The van der Waals surface area contributed by atoms with Gasteiger partial charge in [0.2, 0.25) is 5.91 Å². The molecule has 5 rings (SSSR count). The van der Waals surface area contributed by atoms with Crippen molar-refractivity contribution in [1.82, 2.24) is 15.1 Å². The van der Waals surface area contributed by atoms with Gasteiger partial charge in [0.1, 0.15) is 5.25 Å². The molecule has 3 heterocycles. The van der Waals surface area contributed by atoms with E-state index in [1.165, 1.54) is 19.3 Å². The molecule has 3 N–H and O–H groups in total. The molecule has 3 saturated heterocycles. The van der Waals surface area contributed by atoms with Gasteiger partial charge in [0.15, 0.2) is 0 Å². The summed E-state index contributed by atoms with van der Waals surface area (Å²) in [6.45, 7) is 3.68. The number of carbonyl (C=O) groups excluding carboxylic acids is 1. The molecule has 2 aliphatic carbocycles. The van der Waals surface area contributed by atoms with Crippen molar-refractivity contribution in [2.24, 2.45) is 17.6 Å². The Morgan fingerprint density at radius 2 is 1.62 bits per heavy atom. The van der Waals surface area contributed by atoms with Crippen molar-refractivity contribution in [2.75, 3.05) is 40.4 Å². The van der Waals surface area contributed by atoms with Crippen molar-refractivity contribution in [1.29, 1.82) is 0 Å². The Balaban J connectivity index is 1.13. The van der Waals surface area contributed by atoms with Crippen LogP contribution in [-0.4, -0.2) is 97.1 Å². The van der Waals surface area contributed by atoms with Crippen LogP contribution in [0.3, 0.4) is 0 Å². The Kier molecular flexibility index (Phi) is 7.36. The lowest BCUT2D eigenvalue weighted by Gasteiger charge is -2.44. The number of amides is 1. The van der Waals surface area contributed by atoms with Gasteiger partial charge in [0, 0.05) is 64.4 Å². The van der Waals surface area contributed by atoms with E-state index in [4.69, 9.17) is 15.2 Å². The molecule has 0 radical (unpaired) electrons. The third kappa shape index (κ3) is 4.60. The lowest BCUT2D eigenvalue weighted by Crippen LogP contribution is -2.57. The Bertz CT molecular complexity index is 653. The molecule has 3 aliphatic heterocycles. The summed E-state index contributed by atoms with van der Waals surface area (Å²) in [6.07, 6.45) is 10.2. The third-order valence-corrected chi connectivity index (χ3v) is 10.7. The van der Waals surface area contributed by atoms with Gasteiger partial charge in [-0.25, -0.2) is 0 Å². The van der Waals surface area contributed by atoms with Crippen LogP contribution in [0.1, 0.15) is 51.4 Å². The minimum atomic E-state index is -0.0976. The molecule has 32 heavy (non-hydrogen) atoms. The first-order valence-corrected chi connectivity index (χ1v) is 13.8. The average molecular weight is 467 g/mol. The SMILES string of the molecule is COC1CCC(N2CCN(C(=O)C3SC4NC5CCC(OC)CC5CC4C3N)CC2)CC1. The van der Waals surface area contributed by atoms with Crippen LogP contribution in [0.5, 0.6) is 0 Å². The highest BCUT2D eigenvalue weighted by molar-refractivity contribution is 8.01. The second-order valence-electron chi connectivity index (χ2n) is 10.7. The molecule has 0 bridgehead atoms. The van der Waals surface area contributed by atoms with E-state index in [0.717, 1.165) is 58.3 Å². The number of fused-ring (bicyclic) bond motifs is 2. The van der Waals surface area contributed by atoms with E-state index in [1.807, 2.05) is 26.0 Å². The van der Waals surface area contributed by atoms with Gasteiger partial charge < -0.3 is 25.4 Å². The van der Waals surface area contributed by atoms with Gasteiger partial charge in [0.25, 0.3) is 0 Å². The number of piperidine rings is 1. The maximum atomic E-state index is 13.5. The predicted octanol–water partition coefficient (Wildman–Crippen LogP) is 1.65. The minimum absolute atomic E-state index is 0.0452. The first kappa shape index (κ1) is 23.4. The number of hydrogen-bond donors (Lipinski definition) is 2. The van der Waals surface area contributed by atoms with Crippen LogP contribution in [0.2, 0.25) is 0 Å². The standard InChI is InChI=1S/C24H42N4O3S/c1-30-17-5-3-16(4-6-17)27-9-11-28(12-10-27)24(29)22-21(25)19-14-15-13-18(31-2)7-8-20(15)26-23(19)32-22/h15-23,26H,3-14,25H2,1-2H3. The zero-order valence-electron chi connectivity index (χ0n) is 19.8. The molecule has 0 aromatic carbocycles. The smallest absolute Gasteiger partial charge is 0.237 e. The van der Waals surface area contributed by atoms with Gasteiger partial charge in [-0.15, -0.1) is 11.8 Å². The van der Waals surface area contributed by atoms with Crippen LogP contribution in [-0.2, 0) is 14.3 Å². The molecule has 8 heteroatoms. The number of hydrogen-bond acceptors (Lipinski definition) is 7. The number of carbonyl (C=O) groups is 1. The first-order chi connectivity index (χ1) is 15.6. The molecule has 1 amide bonds. The lowest BCUT2D eigenvalue weighted by molar-refractivity contribution is -0.133. The molecule has 7 unspecified atom stereocenters. The molecule has 2 saturated carbocycles. The Morgan fingerprint density at radius 1 is 0.938 bits per heavy atom. The van der Waals surface area contributed by atoms with E-state index in [1.54, 1.807) is 0 Å². The first-order valence-electron chi connectivity index (χ1n) is 12.8. The largest absolute Gasteiger partial charge is 0.381 e. The molecular weight excluding hydrogens is 424 g/mol. The fourth-order valence-electron chi connectivity index (χ4n) is 7.05. The number of rotatable bonds is 4. The molecule has 7 atom stereocenters. The normalized spacial score (nSPS) is 45.3. The van der Waals surface area contributed by atoms with Crippen molar-refractivity contribution in [3.8, 4) is 0 Å². The molecule has 7 nitrogen and oxygen atoms in total. The summed E-state index contributed by atoms with van der Waals surface area (Å²) in [5.74, 6) is 1.30. The molecule has 5 aliphatic rings. The minimum Gasteiger partial charge on any atom is -0.381 e. The van der Waals surface area contributed by atoms with E-state index >= 15 is 0 Å². The van der Waals surface area contributed by atoms with Gasteiger partial charge in [-0.05, 0) is 57.3 Å². The molecule has 0 aromatic rings. The second-order valence-corrected chi connectivity index (χ2v) is 12.0. The highest BCUT2D eigenvalue weighted by Crippen LogP contribution is 2.47.